The van der Waals surface area contributed by atoms with Crippen molar-refractivity contribution in [1.29, 1.82) is 0 Å². The molecule has 5 aliphatic rings. The van der Waals surface area contributed by atoms with Gasteiger partial charge in [-0.15, -0.1) is 0 Å². The van der Waals surface area contributed by atoms with Gasteiger partial charge >= 0.3 is 0 Å². The smallest absolute Gasteiger partial charge is 0.0125 e. The third kappa shape index (κ3) is 12.6. The predicted octanol–water partition coefficient (Wildman–Crippen LogP) is 17.8. The minimum atomic E-state index is 0.833. The quantitative estimate of drug-likeness (QED) is 0.192. The Kier molecular flexibility index (Phi) is 16.4. The van der Waals surface area contributed by atoms with Gasteiger partial charge in [0.15, 0.2) is 0 Å². The van der Waals surface area contributed by atoms with Crippen LogP contribution in [0.1, 0.15) is 206 Å². The maximum atomic E-state index is 2.46. The van der Waals surface area contributed by atoms with Crippen molar-refractivity contribution in [3.05, 3.63) is 93.5 Å². The van der Waals surface area contributed by atoms with Gasteiger partial charge in [0.25, 0.3) is 0 Å². The van der Waals surface area contributed by atoms with Crippen LogP contribution < -0.4 is 0 Å². The molecule has 0 saturated heterocycles. The van der Waals surface area contributed by atoms with Gasteiger partial charge in [0.2, 0.25) is 0 Å². The summed E-state index contributed by atoms with van der Waals surface area (Å²) in [6.07, 6.45) is 35.8. The lowest BCUT2D eigenvalue weighted by molar-refractivity contribution is 0.143. The third-order valence-corrected chi connectivity index (χ3v) is 17.8. The molecule has 8 rings (SSSR count). The molecule has 0 bridgehead atoms. The molecule has 0 aromatic heterocycles. The second kappa shape index (κ2) is 21.6. The fourth-order valence-electron chi connectivity index (χ4n) is 13.4. The monoisotopic (exact) mass is 797 g/mol. The van der Waals surface area contributed by atoms with E-state index in [0.717, 1.165) is 59.2 Å². The Hall–Kier alpha value is -2.34. The Morgan fingerprint density at radius 3 is 1.27 bits per heavy atom. The molecule has 0 amide bonds. The highest BCUT2D eigenvalue weighted by atomic mass is 14.4. The summed E-state index contributed by atoms with van der Waals surface area (Å²) in [7, 11) is 0. The molecule has 3 aromatic carbocycles. The summed E-state index contributed by atoms with van der Waals surface area (Å²) in [4.78, 5) is 0. The van der Waals surface area contributed by atoms with E-state index in [4.69, 9.17) is 0 Å². The summed E-state index contributed by atoms with van der Waals surface area (Å²) in [6, 6.07) is 21.1. The Morgan fingerprint density at radius 1 is 0.390 bits per heavy atom. The van der Waals surface area contributed by atoms with Crippen LogP contribution in [0.5, 0.6) is 0 Å². The molecule has 5 aliphatic carbocycles. The van der Waals surface area contributed by atoms with Gasteiger partial charge in [-0.05, 0) is 228 Å². The second-order valence-corrected chi connectivity index (χ2v) is 22.2. The van der Waals surface area contributed by atoms with Crippen molar-refractivity contribution in [2.75, 3.05) is 0 Å². The second-order valence-electron chi connectivity index (χ2n) is 22.2. The molecule has 5 saturated carbocycles. The van der Waals surface area contributed by atoms with E-state index < -0.39 is 0 Å². The topological polar surface area (TPSA) is 0 Å². The van der Waals surface area contributed by atoms with Crippen molar-refractivity contribution in [2.45, 2.75) is 208 Å². The van der Waals surface area contributed by atoms with Gasteiger partial charge in [0, 0.05) is 0 Å². The Morgan fingerprint density at radius 2 is 0.814 bits per heavy atom. The highest BCUT2D eigenvalue weighted by molar-refractivity contribution is 5.71. The maximum absolute atomic E-state index is 2.46. The first-order valence-corrected chi connectivity index (χ1v) is 25.8. The minimum Gasteiger partial charge on any atom is -0.0625 e. The van der Waals surface area contributed by atoms with E-state index in [-0.39, 0.29) is 0 Å². The minimum absolute atomic E-state index is 0.833. The van der Waals surface area contributed by atoms with Crippen LogP contribution >= 0.6 is 0 Å². The van der Waals surface area contributed by atoms with Crippen molar-refractivity contribution in [2.24, 2.45) is 53.3 Å². The molecule has 5 fully saturated rings. The van der Waals surface area contributed by atoms with E-state index >= 15 is 0 Å². The highest BCUT2D eigenvalue weighted by Crippen LogP contribution is 2.45. The Balaban J connectivity index is 0.000000179. The molecule has 0 atom stereocenters. The first-order chi connectivity index (χ1) is 28.6. The summed E-state index contributed by atoms with van der Waals surface area (Å²) in [5.74, 6) is 10.2. The summed E-state index contributed by atoms with van der Waals surface area (Å²) in [5.41, 5.74) is 13.1. The number of hydrogen-bond donors (Lipinski definition) is 0. The van der Waals surface area contributed by atoms with Gasteiger partial charge in [-0.1, -0.05) is 138 Å². The number of hydrogen-bond acceptors (Lipinski definition) is 0. The standard InChI is InChI=1S/C30H42.C29H46/c1-21-5-13-27(14-6-21)28-17-11-25(12-18-28)9-10-26-19-23(3)30(24(4)20-26)29-15-7-22(2)8-16-29;1-21-4-13-26(14-5-21)27-16-9-24(10-17-27)7-8-25-11-18-28(19-12-25)29-15-6-22(2)23(3)20-29/h7-8,15-16,19-21,25,27-28H,5-6,9-14,17-18H2,1-4H3;6,15,20-21,24-28H,4-5,7-14,16-19H2,1-3H3. The molecule has 0 N–H and O–H groups in total. The van der Waals surface area contributed by atoms with Gasteiger partial charge in [0.05, 0.1) is 0 Å². The third-order valence-electron chi connectivity index (χ3n) is 17.8. The van der Waals surface area contributed by atoms with E-state index in [0.29, 0.717) is 0 Å². The molecule has 0 unspecified atom stereocenters. The average molecular weight is 797 g/mol. The summed E-state index contributed by atoms with van der Waals surface area (Å²) in [5, 5.41) is 0. The predicted molar refractivity (Wildman–Crippen MR) is 257 cm³/mol. The fourth-order valence-corrected chi connectivity index (χ4v) is 13.4. The zero-order valence-electron chi connectivity index (χ0n) is 39.4. The van der Waals surface area contributed by atoms with Crippen LogP contribution in [0.25, 0.3) is 11.1 Å². The lowest BCUT2D eigenvalue weighted by Crippen LogP contribution is -2.25. The number of rotatable bonds is 10. The number of aryl methyl sites for hydroxylation is 6. The Bertz CT molecular complexity index is 1660. The SMILES string of the molecule is Cc1ccc(-c2c(C)cc(CCC3CCC(C4CCC(C)CC4)CC3)cc2C)cc1.Cc1ccc(C2CCC(CCC3CCC(C4CCC(C)CC4)CC3)CC2)cc1C. The van der Waals surface area contributed by atoms with E-state index in [1.165, 1.54) is 155 Å². The van der Waals surface area contributed by atoms with E-state index in [1.807, 2.05) is 0 Å². The molecule has 3 aromatic rings. The van der Waals surface area contributed by atoms with Crippen LogP contribution in [0.4, 0.5) is 0 Å². The molecule has 0 heteroatoms. The van der Waals surface area contributed by atoms with Gasteiger partial charge in [-0.25, -0.2) is 0 Å². The summed E-state index contributed by atoms with van der Waals surface area (Å²) in [6.45, 7) is 16.2. The van der Waals surface area contributed by atoms with Crippen molar-refractivity contribution in [3.63, 3.8) is 0 Å². The van der Waals surface area contributed by atoms with Crippen LogP contribution in [-0.2, 0) is 6.42 Å². The molecular formula is C59H88. The molecule has 59 heavy (non-hydrogen) atoms. The highest BCUT2D eigenvalue weighted by Gasteiger charge is 2.32. The molecule has 0 spiro atoms. The van der Waals surface area contributed by atoms with E-state index in [1.54, 1.807) is 49.7 Å². The zero-order chi connectivity index (χ0) is 41.3. The maximum Gasteiger partial charge on any atom is -0.0125 e. The van der Waals surface area contributed by atoms with E-state index in [9.17, 15) is 0 Å². The molecule has 0 nitrogen and oxygen atoms in total. The van der Waals surface area contributed by atoms with Crippen LogP contribution in [-0.4, -0.2) is 0 Å². The molecule has 0 radical (unpaired) electrons. The Labute approximate surface area is 364 Å². The molecule has 0 heterocycles. The van der Waals surface area contributed by atoms with Crippen molar-refractivity contribution in [1.82, 2.24) is 0 Å². The summed E-state index contributed by atoms with van der Waals surface area (Å²) >= 11 is 0. The summed E-state index contributed by atoms with van der Waals surface area (Å²) < 4.78 is 0. The van der Waals surface area contributed by atoms with Crippen LogP contribution in [0.15, 0.2) is 54.6 Å². The number of benzene rings is 3. The molecular weight excluding hydrogens is 709 g/mol. The molecule has 0 aliphatic heterocycles. The zero-order valence-corrected chi connectivity index (χ0v) is 39.4. The first-order valence-electron chi connectivity index (χ1n) is 25.8. The van der Waals surface area contributed by atoms with Crippen molar-refractivity contribution in [3.8, 4) is 11.1 Å². The van der Waals surface area contributed by atoms with Gasteiger partial charge < -0.3 is 0 Å². The van der Waals surface area contributed by atoms with Crippen LogP contribution in [0, 0.1) is 87.9 Å². The van der Waals surface area contributed by atoms with Gasteiger partial charge in [0.1, 0.15) is 0 Å². The van der Waals surface area contributed by atoms with Crippen LogP contribution in [0.3, 0.4) is 0 Å². The first kappa shape index (κ1) is 44.7. The van der Waals surface area contributed by atoms with Crippen LogP contribution in [0.2, 0.25) is 0 Å². The lowest BCUT2D eigenvalue weighted by atomic mass is 9.68. The lowest BCUT2D eigenvalue weighted by Gasteiger charge is -2.37. The molecule has 324 valence electrons. The van der Waals surface area contributed by atoms with Gasteiger partial charge in [-0.2, -0.15) is 0 Å². The normalized spacial score (nSPS) is 31.6. The largest absolute Gasteiger partial charge is 0.0625 e. The van der Waals surface area contributed by atoms with Gasteiger partial charge in [-0.3, -0.25) is 0 Å². The average Bonchev–Trinajstić information content (AvgIpc) is 3.25. The fraction of sp³-hybridized carbons (Fsp3) is 0.695. The van der Waals surface area contributed by atoms with Crippen molar-refractivity contribution >= 4 is 0 Å². The van der Waals surface area contributed by atoms with E-state index in [2.05, 4.69) is 103 Å². The van der Waals surface area contributed by atoms with Crippen molar-refractivity contribution < 1.29 is 0 Å².